The predicted octanol–water partition coefficient (Wildman–Crippen LogP) is 2.22. The zero-order chi connectivity index (χ0) is 13.9. The summed E-state index contributed by atoms with van der Waals surface area (Å²) in [5, 5.41) is 6.74. The quantitative estimate of drug-likeness (QED) is 0.403. The van der Waals surface area contributed by atoms with Crippen molar-refractivity contribution in [3.05, 3.63) is 0 Å². The van der Waals surface area contributed by atoms with Gasteiger partial charge in [0.15, 0.2) is 5.96 Å². The van der Waals surface area contributed by atoms with E-state index in [1.165, 1.54) is 38.5 Å². The number of nitrogens with zero attached hydrogens (tertiary/aromatic N) is 2. The summed E-state index contributed by atoms with van der Waals surface area (Å²) < 4.78 is 0. The molecule has 4 nitrogen and oxygen atoms in total. The highest BCUT2D eigenvalue weighted by Crippen LogP contribution is 2.21. The highest BCUT2D eigenvalue weighted by molar-refractivity contribution is 5.79. The number of hydrogen-bond donors (Lipinski definition) is 2. The molecule has 0 unspecified atom stereocenters. The van der Waals surface area contributed by atoms with Gasteiger partial charge in [-0.2, -0.15) is 0 Å². The average molecular weight is 268 g/mol. The summed E-state index contributed by atoms with van der Waals surface area (Å²) in [5.74, 6) is 0.968. The highest BCUT2D eigenvalue weighted by Gasteiger charge is 2.18. The largest absolute Gasteiger partial charge is 0.357 e. The number of aliphatic imine (C=N–C) groups is 1. The van der Waals surface area contributed by atoms with E-state index in [2.05, 4.69) is 41.4 Å². The molecule has 0 spiro atoms. The van der Waals surface area contributed by atoms with Gasteiger partial charge >= 0.3 is 0 Å². The lowest BCUT2D eigenvalue weighted by molar-refractivity contribution is 0.249. The van der Waals surface area contributed by atoms with Gasteiger partial charge in [-0.1, -0.05) is 26.2 Å². The number of guanidine groups is 1. The number of likely N-dealkylation sites (N-methyl/N-ethyl adjacent to an activating group) is 1. The maximum Gasteiger partial charge on any atom is 0.191 e. The molecule has 19 heavy (non-hydrogen) atoms. The van der Waals surface area contributed by atoms with Crippen molar-refractivity contribution < 1.29 is 0 Å². The SMILES string of the molecule is CCCCN=C(NCC)NCCN(C)C1CCCC1. The van der Waals surface area contributed by atoms with Gasteiger partial charge in [0.1, 0.15) is 0 Å². The molecule has 1 aliphatic carbocycles. The summed E-state index contributed by atoms with van der Waals surface area (Å²) in [6, 6.07) is 0.807. The van der Waals surface area contributed by atoms with Crippen molar-refractivity contribution >= 4 is 5.96 Å². The van der Waals surface area contributed by atoms with Crippen molar-refractivity contribution in [2.45, 2.75) is 58.4 Å². The van der Waals surface area contributed by atoms with Gasteiger partial charge in [0, 0.05) is 32.2 Å². The van der Waals surface area contributed by atoms with Crippen molar-refractivity contribution in [3.63, 3.8) is 0 Å². The predicted molar refractivity (Wildman–Crippen MR) is 83.8 cm³/mol. The fourth-order valence-electron chi connectivity index (χ4n) is 2.57. The van der Waals surface area contributed by atoms with Crippen LogP contribution in [0.1, 0.15) is 52.4 Å². The lowest BCUT2D eigenvalue weighted by Gasteiger charge is -2.24. The van der Waals surface area contributed by atoms with Gasteiger partial charge in [-0.05, 0) is 33.2 Å². The second kappa shape index (κ2) is 10.1. The Morgan fingerprint density at radius 2 is 1.95 bits per heavy atom. The minimum Gasteiger partial charge on any atom is -0.357 e. The van der Waals surface area contributed by atoms with Crippen molar-refractivity contribution in [2.75, 3.05) is 33.2 Å². The van der Waals surface area contributed by atoms with Gasteiger partial charge < -0.3 is 15.5 Å². The third-order valence-electron chi connectivity index (χ3n) is 3.83. The van der Waals surface area contributed by atoms with E-state index in [-0.39, 0.29) is 0 Å². The van der Waals surface area contributed by atoms with Crippen molar-refractivity contribution in [3.8, 4) is 0 Å². The van der Waals surface area contributed by atoms with Crippen LogP contribution in [0.25, 0.3) is 0 Å². The van der Waals surface area contributed by atoms with Crippen molar-refractivity contribution in [1.29, 1.82) is 0 Å². The van der Waals surface area contributed by atoms with Crippen LogP contribution in [0.3, 0.4) is 0 Å². The van der Waals surface area contributed by atoms with E-state index in [1.54, 1.807) is 0 Å². The monoisotopic (exact) mass is 268 g/mol. The van der Waals surface area contributed by atoms with E-state index in [0.717, 1.165) is 38.2 Å². The van der Waals surface area contributed by atoms with Gasteiger partial charge in [0.05, 0.1) is 0 Å². The van der Waals surface area contributed by atoms with E-state index in [9.17, 15) is 0 Å². The molecular weight excluding hydrogens is 236 g/mol. The second-order valence-corrected chi connectivity index (χ2v) is 5.46. The van der Waals surface area contributed by atoms with Crippen LogP contribution in [-0.4, -0.2) is 50.1 Å². The molecule has 0 aromatic rings. The second-order valence-electron chi connectivity index (χ2n) is 5.46. The molecule has 0 radical (unpaired) electrons. The molecule has 0 bridgehead atoms. The van der Waals surface area contributed by atoms with Crippen molar-refractivity contribution in [1.82, 2.24) is 15.5 Å². The average Bonchev–Trinajstić information content (AvgIpc) is 2.93. The van der Waals surface area contributed by atoms with Crippen LogP contribution in [0.5, 0.6) is 0 Å². The Bertz CT molecular complexity index is 247. The van der Waals surface area contributed by atoms with Gasteiger partial charge in [0.25, 0.3) is 0 Å². The fraction of sp³-hybridized carbons (Fsp3) is 0.933. The Kier molecular flexibility index (Phi) is 8.63. The van der Waals surface area contributed by atoms with E-state index < -0.39 is 0 Å². The summed E-state index contributed by atoms with van der Waals surface area (Å²) >= 11 is 0. The first-order valence-electron chi connectivity index (χ1n) is 8.00. The molecule has 4 heteroatoms. The van der Waals surface area contributed by atoms with Crippen LogP contribution in [0.2, 0.25) is 0 Å². The molecule has 1 saturated carbocycles. The summed E-state index contributed by atoms with van der Waals surface area (Å²) in [6.45, 7) is 8.24. The molecule has 2 N–H and O–H groups in total. The first-order chi connectivity index (χ1) is 9.27. The molecule has 0 amide bonds. The summed E-state index contributed by atoms with van der Waals surface area (Å²) in [4.78, 5) is 7.07. The van der Waals surface area contributed by atoms with E-state index >= 15 is 0 Å². The third kappa shape index (κ3) is 6.81. The molecular formula is C15H32N4. The summed E-state index contributed by atoms with van der Waals surface area (Å²) in [6.07, 6.45) is 7.93. The summed E-state index contributed by atoms with van der Waals surface area (Å²) in [7, 11) is 2.25. The van der Waals surface area contributed by atoms with E-state index in [0.29, 0.717) is 0 Å². The molecule has 0 atom stereocenters. The standard InChI is InChI=1S/C15H32N4/c1-4-6-11-17-15(16-5-2)18-12-13-19(3)14-9-7-8-10-14/h14H,4-13H2,1-3H3,(H2,16,17,18). The van der Waals surface area contributed by atoms with Crippen LogP contribution in [0.4, 0.5) is 0 Å². The van der Waals surface area contributed by atoms with E-state index in [1.807, 2.05) is 0 Å². The molecule has 0 saturated heterocycles. The maximum atomic E-state index is 4.57. The van der Waals surface area contributed by atoms with Gasteiger partial charge in [-0.3, -0.25) is 4.99 Å². The van der Waals surface area contributed by atoms with Crippen LogP contribution >= 0.6 is 0 Å². The first-order valence-corrected chi connectivity index (χ1v) is 8.00. The fourth-order valence-corrected chi connectivity index (χ4v) is 2.57. The van der Waals surface area contributed by atoms with Crippen molar-refractivity contribution in [2.24, 2.45) is 4.99 Å². The molecule has 1 fully saturated rings. The number of nitrogens with one attached hydrogen (secondary N) is 2. The lowest BCUT2D eigenvalue weighted by atomic mass is 10.2. The molecule has 1 rings (SSSR count). The number of unbranched alkanes of at least 4 members (excludes halogenated alkanes) is 1. The Balaban J connectivity index is 2.20. The van der Waals surface area contributed by atoms with Crippen LogP contribution in [0, 0.1) is 0 Å². The molecule has 0 aliphatic heterocycles. The maximum absolute atomic E-state index is 4.57. The van der Waals surface area contributed by atoms with Gasteiger partial charge in [-0.25, -0.2) is 0 Å². The van der Waals surface area contributed by atoms with Crippen LogP contribution in [0.15, 0.2) is 4.99 Å². The Morgan fingerprint density at radius 3 is 2.58 bits per heavy atom. The van der Waals surface area contributed by atoms with Gasteiger partial charge in [-0.15, -0.1) is 0 Å². The Labute approximate surface area is 119 Å². The molecule has 112 valence electrons. The Morgan fingerprint density at radius 1 is 1.21 bits per heavy atom. The minimum atomic E-state index is 0.807. The first kappa shape index (κ1) is 16.3. The lowest BCUT2D eigenvalue weighted by Crippen LogP contribution is -2.42. The zero-order valence-electron chi connectivity index (χ0n) is 13.0. The highest BCUT2D eigenvalue weighted by atomic mass is 15.2. The van der Waals surface area contributed by atoms with Crippen LogP contribution in [-0.2, 0) is 0 Å². The molecule has 1 aliphatic rings. The van der Waals surface area contributed by atoms with E-state index in [4.69, 9.17) is 0 Å². The molecule has 0 heterocycles. The molecule has 0 aromatic heterocycles. The topological polar surface area (TPSA) is 39.7 Å². The zero-order valence-corrected chi connectivity index (χ0v) is 13.0. The Hall–Kier alpha value is -0.770. The summed E-state index contributed by atoms with van der Waals surface area (Å²) in [5.41, 5.74) is 0. The smallest absolute Gasteiger partial charge is 0.191 e. The molecule has 0 aromatic carbocycles. The number of rotatable bonds is 8. The van der Waals surface area contributed by atoms with Crippen LogP contribution < -0.4 is 10.6 Å². The number of hydrogen-bond acceptors (Lipinski definition) is 2. The third-order valence-corrected chi connectivity index (χ3v) is 3.83. The van der Waals surface area contributed by atoms with Gasteiger partial charge in [0.2, 0.25) is 0 Å². The normalized spacial score (nSPS) is 17.2. The minimum absolute atomic E-state index is 0.807.